The van der Waals surface area contributed by atoms with Gasteiger partial charge in [-0.2, -0.15) is 5.26 Å². The van der Waals surface area contributed by atoms with E-state index in [4.69, 9.17) is 4.98 Å². The molecule has 3 aromatic rings. The van der Waals surface area contributed by atoms with E-state index in [0.29, 0.717) is 15.5 Å². The Kier molecular flexibility index (Phi) is 4.39. The van der Waals surface area contributed by atoms with Gasteiger partial charge >= 0.3 is 0 Å². The van der Waals surface area contributed by atoms with E-state index in [-0.39, 0.29) is 5.56 Å². The van der Waals surface area contributed by atoms with E-state index in [1.165, 1.54) is 22.0 Å². The molecule has 0 atom stereocenters. The molecule has 0 spiro atoms. The van der Waals surface area contributed by atoms with Crippen LogP contribution in [0.1, 0.15) is 35.4 Å². The molecule has 26 heavy (non-hydrogen) atoms. The smallest absolute Gasteiger partial charge is 0.285 e. The van der Waals surface area contributed by atoms with Gasteiger partial charge in [0.1, 0.15) is 16.0 Å². The third-order valence-corrected chi connectivity index (χ3v) is 5.81. The van der Waals surface area contributed by atoms with E-state index in [2.05, 4.69) is 11.2 Å². The number of aromatic amines is 1. The van der Waals surface area contributed by atoms with Crippen molar-refractivity contribution in [1.29, 1.82) is 5.26 Å². The maximum absolute atomic E-state index is 12.9. The number of rotatable bonds is 3. The van der Waals surface area contributed by atoms with Gasteiger partial charge in [0.05, 0.1) is 11.3 Å². The van der Waals surface area contributed by atoms with Crippen LogP contribution in [0.3, 0.4) is 0 Å². The third kappa shape index (κ3) is 2.95. The largest absolute Gasteiger partial charge is 0.294 e. The fourth-order valence-corrected chi connectivity index (χ4v) is 4.22. The van der Waals surface area contributed by atoms with Crippen molar-refractivity contribution in [3.63, 3.8) is 0 Å². The van der Waals surface area contributed by atoms with Crippen molar-refractivity contribution < 1.29 is 0 Å². The van der Waals surface area contributed by atoms with Gasteiger partial charge in [0, 0.05) is 11.4 Å². The molecule has 0 saturated heterocycles. The molecule has 1 aliphatic rings. The molecule has 1 N–H and O–H groups in total. The lowest BCUT2D eigenvalue weighted by Gasteiger charge is -2.16. The number of nitriles is 1. The number of hydrogen-bond acceptors (Lipinski definition) is 4. The number of hydrogen-bond donors (Lipinski definition) is 1. The molecule has 130 valence electrons. The van der Waals surface area contributed by atoms with Crippen LogP contribution in [0.4, 0.5) is 0 Å². The molecule has 6 heteroatoms. The summed E-state index contributed by atoms with van der Waals surface area (Å²) in [7, 11) is 0. The van der Waals surface area contributed by atoms with Crippen molar-refractivity contribution in [2.75, 3.05) is 0 Å². The molecule has 2 heterocycles. The molecule has 2 aromatic heterocycles. The van der Waals surface area contributed by atoms with Gasteiger partial charge in [0.25, 0.3) is 5.56 Å². The van der Waals surface area contributed by atoms with E-state index in [1.54, 1.807) is 0 Å². The lowest BCUT2D eigenvalue weighted by Crippen LogP contribution is -2.15. The third-order valence-electron chi connectivity index (χ3n) is 4.62. The fraction of sp³-hybridized carbons (Fsp3) is 0.250. The first-order valence-electron chi connectivity index (χ1n) is 8.65. The second kappa shape index (κ2) is 6.85. The predicted molar refractivity (Wildman–Crippen MR) is 101 cm³/mol. The zero-order valence-corrected chi connectivity index (χ0v) is 15.3. The molecule has 0 bridgehead atoms. The minimum absolute atomic E-state index is 0.123. The van der Waals surface area contributed by atoms with Crippen molar-refractivity contribution >= 4 is 11.8 Å². The lowest BCUT2D eigenvalue weighted by atomic mass is 9.95. The highest BCUT2D eigenvalue weighted by Gasteiger charge is 2.19. The molecule has 0 amide bonds. The average Bonchev–Trinajstić information content (AvgIpc) is 2.96. The van der Waals surface area contributed by atoms with E-state index < -0.39 is 0 Å². The summed E-state index contributed by atoms with van der Waals surface area (Å²) in [4.78, 5) is 18.2. The van der Waals surface area contributed by atoms with Crippen LogP contribution in [-0.2, 0) is 12.8 Å². The van der Waals surface area contributed by atoms with Crippen LogP contribution >= 0.6 is 11.8 Å². The van der Waals surface area contributed by atoms with Crippen LogP contribution in [0.5, 0.6) is 0 Å². The lowest BCUT2D eigenvalue weighted by molar-refractivity contribution is 0.660. The summed E-state index contributed by atoms with van der Waals surface area (Å²) in [6, 6.07) is 13.6. The number of pyridine rings is 1. The Hall–Kier alpha value is -2.78. The van der Waals surface area contributed by atoms with Crippen molar-refractivity contribution in [3.05, 3.63) is 69.3 Å². The van der Waals surface area contributed by atoms with Gasteiger partial charge in [-0.25, -0.2) is 9.67 Å². The summed E-state index contributed by atoms with van der Waals surface area (Å²) in [6.07, 6.45) is 4.19. The van der Waals surface area contributed by atoms with Gasteiger partial charge in [-0.1, -0.05) is 30.0 Å². The van der Waals surface area contributed by atoms with Gasteiger partial charge in [-0.15, -0.1) is 0 Å². The van der Waals surface area contributed by atoms with Crippen molar-refractivity contribution in [2.24, 2.45) is 0 Å². The molecule has 0 radical (unpaired) electrons. The van der Waals surface area contributed by atoms with Crippen LogP contribution in [-0.4, -0.2) is 14.8 Å². The van der Waals surface area contributed by atoms with Gasteiger partial charge in [0.2, 0.25) is 0 Å². The standard InChI is InChI=1S/C20H18N4OS/c1-13-18(20(25)24(23-13)16-8-3-2-4-9-16)26-19-15(12-21)11-14-7-5-6-10-17(14)22-19/h2-4,8-9,11,23H,5-7,10H2,1H3. The molecule has 0 aliphatic heterocycles. The summed E-state index contributed by atoms with van der Waals surface area (Å²) in [6.45, 7) is 1.87. The highest BCUT2D eigenvalue weighted by Crippen LogP contribution is 2.32. The van der Waals surface area contributed by atoms with Crippen LogP contribution in [0.15, 0.2) is 51.1 Å². The predicted octanol–water partition coefficient (Wildman–Crippen LogP) is 3.77. The van der Waals surface area contributed by atoms with Crippen LogP contribution in [0, 0.1) is 18.3 Å². The highest BCUT2D eigenvalue weighted by molar-refractivity contribution is 7.99. The topological polar surface area (TPSA) is 74.5 Å². The van der Waals surface area contributed by atoms with Gasteiger partial charge in [-0.3, -0.25) is 9.89 Å². The molecule has 1 aliphatic carbocycles. The average molecular weight is 362 g/mol. The Morgan fingerprint density at radius 3 is 2.77 bits per heavy atom. The number of H-pyrrole nitrogens is 1. The van der Waals surface area contributed by atoms with Crippen molar-refractivity contribution in [2.45, 2.75) is 42.5 Å². The number of benzene rings is 1. The highest BCUT2D eigenvalue weighted by atomic mass is 32.2. The number of nitrogens with one attached hydrogen (secondary N) is 1. The van der Waals surface area contributed by atoms with Crippen LogP contribution in [0.25, 0.3) is 5.69 Å². The Balaban J connectivity index is 1.76. The molecule has 1 aromatic carbocycles. The first-order valence-corrected chi connectivity index (χ1v) is 9.47. The number of nitrogens with zero attached hydrogens (tertiary/aromatic N) is 3. The normalized spacial score (nSPS) is 13.2. The van der Waals surface area contributed by atoms with Gasteiger partial charge < -0.3 is 0 Å². The monoisotopic (exact) mass is 362 g/mol. The quantitative estimate of drug-likeness (QED) is 0.770. The molecule has 4 rings (SSSR count). The Bertz CT molecular complexity index is 1060. The summed E-state index contributed by atoms with van der Waals surface area (Å²) in [5.74, 6) is 0. The molecular weight excluding hydrogens is 344 g/mol. The van der Waals surface area contributed by atoms with Crippen LogP contribution in [0.2, 0.25) is 0 Å². The summed E-state index contributed by atoms with van der Waals surface area (Å²) in [5, 5.41) is 13.3. The number of aromatic nitrogens is 3. The minimum Gasteiger partial charge on any atom is -0.294 e. The Labute approximate surface area is 155 Å². The summed E-state index contributed by atoms with van der Waals surface area (Å²) in [5.41, 5.74) is 4.21. The maximum Gasteiger partial charge on any atom is 0.285 e. The minimum atomic E-state index is -0.123. The van der Waals surface area contributed by atoms with E-state index >= 15 is 0 Å². The Morgan fingerprint density at radius 1 is 1.23 bits per heavy atom. The summed E-state index contributed by atoms with van der Waals surface area (Å²) < 4.78 is 1.53. The molecule has 0 saturated carbocycles. The first kappa shape index (κ1) is 16.7. The second-order valence-corrected chi connectivity index (χ2v) is 7.41. The maximum atomic E-state index is 12.9. The van der Waals surface area contributed by atoms with Crippen molar-refractivity contribution in [1.82, 2.24) is 14.8 Å². The molecule has 0 unspecified atom stereocenters. The number of para-hydroxylation sites is 1. The first-order chi connectivity index (χ1) is 12.7. The zero-order chi connectivity index (χ0) is 18.1. The van der Waals surface area contributed by atoms with Gasteiger partial charge in [-0.05, 0) is 56.4 Å². The second-order valence-electron chi connectivity index (χ2n) is 6.41. The van der Waals surface area contributed by atoms with E-state index in [0.717, 1.165) is 42.8 Å². The van der Waals surface area contributed by atoms with Crippen molar-refractivity contribution in [3.8, 4) is 11.8 Å². The van der Waals surface area contributed by atoms with E-state index in [1.807, 2.05) is 43.3 Å². The van der Waals surface area contributed by atoms with Gasteiger partial charge in [0.15, 0.2) is 0 Å². The number of aryl methyl sites for hydroxylation is 3. The molecular formula is C20H18N4OS. The van der Waals surface area contributed by atoms with Crippen LogP contribution < -0.4 is 5.56 Å². The fourth-order valence-electron chi connectivity index (χ4n) is 3.28. The zero-order valence-electron chi connectivity index (χ0n) is 14.5. The van der Waals surface area contributed by atoms with E-state index in [9.17, 15) is 10.1 Å². The molecule has 5 nitrogen and oxygen atoms in total. The Morgan fingerprint density at radius 2 is 2.00 bits per heavy atom. The molecule has 0 fully saturated rings. The summed E-state index contributed by atoms with van der Waals surface area (Å²) >= 11 is 1.28. The SMILES string of the molecule is Cc1[nH]n(-c2ccccc2)c(=O)c1Sc1nc2c(cc1C#N)CCCC2. The number of fused-ring (bicyclic) bond motifs is 1.